The van der Waals surface area contributed by atoms with Gasteiger partial charge in [-0.25, -0.2) is 14.8 Å². The molecular formula is C9H9N3O3. The van der Waals surface area contributed by atoms with E-state index in [4.69, 9.17) is 16.6 Å². The number of carboxylic acid groups (broad SMARTS) is 1. The van der Waals surface area contributed by atoms with Crippen LogP contribution in [0.3, 0.4) is 0 Å². The van der Waals surface area contributed by atoms with Crippen LogP contribution in [0.4, 0.5) is 5.82 Å². The summed E-state index contributed by atoms with van der Waals surface area (Å²) >= 11 is 0. The standard InChI is InChI=1S/C9H9N3O3/c1-2-6(4-13)12-8-3-7(9(14)15)10-5-11-8/h1,3,5-6,13H,4H2,(H,14,15)(H,10,11,12). The number of hydrogen-bond donors (Lipinski definition) is 3. The van der Waals surface area contributed by atoms with Gasteiger partial charge in [-0.15, -0.1) is 6.42 Å². The summed E-state index contributed by atoms with van der Waals surface area (Å²) in [6.45, 7) is -0.261. The maximum Gasteiger partial charge on any atom is 0.354 e. The van der Waals surface area contributed by atoms with E-state index in [-0.39, 0.29) is 18.1 Å². The molecule has 1 aromatic heterocycles. The summed E-state index contributed by atoms with van der Waals surface area (Å²) < 4.78 is 0. The lowest BCUT2D eigenvalue weighted by Gasteiger charge is -2.10. The highest BCUT2D eigenvalue weighted by Gasteiger charge is 2.08. The third kappa shape index (κ3) is 2.93. The molecule has 0 aliphatic carbocycles. The van der Waals surface area contributed by atoms with Crippen LogP contribution in [0.1, 0.15) is 10.5 Å². The molecule has 6 nitrogen and oxygen atoms in total. The summed E-state index contributed by atoms with van der Waals surface area (Å²) in [6.07, 6.45) is 6.20. The average molecular weight is 207 g/mol. The van der Waals surface area contributed by atoms with Crippen molar-refractivity contribution in [3.63, 3.8) is 0 Å². The van der Waals surface area contributed by atoms with Gasteiger partial charge in [0.1, 0.15) is 18.2 Å². The Morgan fingerprint density at radius 1 is 1.67 bits per heavy atom. The van der Waals surface area contributed by atoms with E-state index in [1.165, 1.54) is 6.07 Å². The molecule has 1 unspecified atom stereocenters. The number of rotatable bonds is 4. The van der Waals surface area contributed by atoms with Gasteiger partial charge in [-0.3, -0.25) is 0 Å². The van der Waals surface area contributed by atoms with Gasteiger partial charge in [0.2, 0.25) is 0 Å². The molecule has 1 heterocycles. The lowest BCUT2D eigenvalue weighted by Crippen LogP contribution is -2.22. The van der Waals surface area contributed by atoms with Crippen molar-refractivity contribution < 1.29 is 15.0 Å². The van der Waals surface area contributed by atoms with Crippen molar-refractivity contribution in [1.82, 2.24) is 9.97 Å². The number of aliphatic hydroxyl groups is 1. The first kappa shape index (κ1) is 10.9. The van der Waals surface area contributed by atoms with Gasteiger partial charge in [0.25, 0.3) is 0 Å². The Balaban J connectivity index is 2.83. The molecule has 0 aromatic carbocycles. The third-order valence-corrected chi connectivity index (χ3v) is 1.59. The molecule has 0 spiro atoms. The zero-order chi connectivity index (χ0) is 11.3. The SMILES string of the molecule is C#CC(CO)Nc1cc(C(=O)O)ncn1. The lowest BCUT2D eigenvalue weighted by molar-refractivity contribution is 0.0690. The van der Waals surface area contributed by atoms with Crippen LogP contribution in [0.2, 0.25) is 0 Å². The zero-order valence-corrected chi connectivity index (χ0v) is 7.71. The Labute approximate surface area is 86.0 Å². The fourth-order valence-electron chi connectivity index (χ4n) is 0.872. The maximum absolute atomic E-state index is 10.6. The predicted molar refractivity (Wildman–Crippen MR) is 52.3 cm³/mol. The van der Waals surface area contributed by atoms with Crippen LogP contribution in [0.15, 0.2) is 12.4 Å². The average Bonchev–Trinajstić information content (AvgIpc) is 2.26. The monoisotopic (exact) mass is 207 g/mol. The van der Waals surface area contributed by atoms with Gasteiger partial charge in [-0.05, 0) is 0 Å². The molecule has 0 saturated heterocycles. The number of nitrogens with one attached hydrogen (secondary N) is 1. The van der Waals surface area contributed by atoms with Crippen molar-refractivity contribution >= 4 is 11.8 Å². The molecule has 1 aromatic rings. The van der Waals surface area contributed by atoms with Crippen LogP contribution in [0.25, 0.3) is 0 Å². The molecule has 78 valence electrons. The summed E-state index contributed by atoms with van der Waals surface area (Å²) in [6, 6.07) is 0.643. The van der Waals surface area contributed by atoms with E-state index in [0.29, 0.717) is 0 Å². The fourth-order valence-corrected chi connectivity index (χ4v) is 0.872. The second kappa shape index (κ2) is 4.93. The van der Waals surface area contributed by atoms with Crippen LogP contribution in [0.5, 0.6) is 0 Å². The molecular weight excluding hydrogens is 198 g/mol. The molecule has 0 aliphatic rings. The van der Waals surface area contributed by atoms with E-state index in [0.717, 1.165) is 6.33 Å². The summed E-state index contributed by atoms with van der Waals surface area (Å²) in [5.74, 6) is 1.39. The molecule has 0 aliphatic heterocycles. The van der Waals surface area contributed by atoms with Gasteiger partial charge in [-0.1, -0.05) is 5.92 Å². The minimum Gasteiger partial charge on any atom is -0.477 e. The Morgan fingerprint density at radius 3 is 2.93 bits per heavy atom. The number of carboxylic acids is 1. The number of anilines is 1. The maximum atomic E-state index is 10.6. The number of nitrogens with zero attached hydrogens (tertiary/aromatic N) is 2. The van der Waals surface area contributed by atoms with Crippen molar-refractivity contribution in [2.45, 2.75) is 6.04 Å². The topological polar surface area (TPSA) is 95.3 Å². The first-order valence-electron chi connectivity index (χ1n) is 4.06. The molecule has 1 atom stereocenters. The number of terminal acetylenes is 1. The summed E-state index contributed by atoms with van der Waals surface area (Å²) in [7, 11) is 0. The highest BCUT2D eigenvalue weighted by atomic mass is 16.4. The Kier molecular flexibility index (Phi) is 3.60. The molecule has 0 amide bonds. The Bertz CT molecular complexity index is 400. The highest BCUT2D eigenvalue weighted by Crippen LogP contribution is 2.05. The van der Waals surface area contributed by atoms with E-state index in [1.54, 1.807) is 0 Å². The zero-order valence-electron chi connectivity index (χ0n) is 7.71. The van der Waals surface area contributed by atoms with Crippen LogP contribution in [-0.4, -0.2) is 38.8 Å². The molecule has 0 radical (unpaired) electrons. The molecule has 6 heteroatoms. The van der Waals surface area contributed by atoms with Gasteiger partial charge in [0.05, 0.1) is 6.61 Å². The number of hydrogen-bond acceptors (Lipinski definition) is 5. The number of aliphatic hydroxyl groups excluding tert-OH is 1. The Morgan fingerprint density at radius 2 is 2.40 bits per heavy atom. The second-order valence-corrected chi connectivity index (χ2v) is 2.64. The summed E-state index contributed by atoms with van der Waals surface area (Å²) in [5.41, 5.74) is -0.138. The van der Waals surface area contributed by atoms with Gasteiger partial charge in [0, 0.05) is 6.07 Å². The summed E-state index contributed by atoms with van der Waals surface area (Å²) in [5, 5.41) is 20.1. The number of carbonyl (C=O) groups is 1. The smallest absolute Gasteiger partial charge is 0.354 e. The van der Waals surface area contributed by atoms with Crippen molar-refractivity contribution in [3.05, 3.63) is 18.1 Å². The molecule has 0 saturated carbocycles. The highest BCUT2D eigenvalue weighted by molar-refractivity contribution is 5.86. The molecule has 1 rings (SSSR count). The van der Waals surface area contributed by atoms with E-state index in [2.05, 4.69) is 21.2 Å². The Hall–Kier alpha value is -2.13. The van der Waals surface area contributed by atoms with E-state index >= 15 is 0 Å². The largest absolute Gasteiger partial charge is 0.477 e. The van der Waals surface area contributed by atoms with E-state index in [9.17, 15) is 4.79 Å². The number of aromatic nitrogens is 2. The first-order chi connectivity index (χ1) is 7.17. The van der Waals surface area contributed by atoms with Gasteiger partial charge in [-0.2, -0.15) is 0 Å². The van der Waals surface area contributed by atoms with Crippen LogP contribution in [0, 0.1) is 12.3 Å². The van der Waals surface area contributed by atoms with Crippen molar-refractivity contribution in [2.24, 2.45) is 0 Å². The summed E-state index contributed by atoms with van der Waals surface area (Å²) in [4.78, 5) is 17.9. The normalized spacial score (nSPS) is 11.5. The van der Waals surface area contributed by atoms with Crippen LogP contribution in [-0.2, 0) is 0 Å². The first-order valence-corrected chi connectivity index (χ1v) is 4.06. The van der Waals surface area contributed by atoms with E-state index < -0.39 is 12.0 Å². The minimum absolute atomic E-state index is 0.138. The number of aromatic carboxylic acids is 1. The third-order valence-electron chi connectivity index (χ3n) is 1.59. The van der Waals surface area contributed by atoms with Crippen molar-refractivity contribution in [2.75, 3.05) is 11.9 Å². The van der Waals surface area contributed by atoms with Crippen LogP contribution < -0.4 is 5.32 Å². The fraction of sp³-hybridized carbons (Fsp3) is 0.222. The molecule has 0 fully saturated rings. The second-order valence-electron chi connectivity index (χ2n) is 2.64. The lowest BCUT2D eigenvalue weighted by atomic mass is 10.3. The molecule has 15 heavy (non-hydrogen) atoms. The predicted octanol–water partition coefficient (Wildman–Crippen LogP) is -0.419. The molecule has 0 bridgehead atoms. The van der Waals surface area contributed by atoms with Crippen molar-refractivity contribution in [3.8, 4) is 12.3 Å². The van der Waals surface area contributed by atoms with Gasteiger partial charge >= 0.3 is 5.97 Å². The van der Waals surface area contributed by atoms with Gasteiger partial charge < -0.3 is 15.5 Å². The molecule has 3 N–H and O–H groups in total. The van der Waals surface area contributed by atoms with Crippen molar-refractivity contribution in [1.29, 1.82) is 0 Å². The van der Waals surface area contributed by atoms with Gasteiger partial charge in [0.15, 0.2) is 5.69 Å². The quantitative estimate of drug-likeness (QED) is 0.580. The van der Waals surface area contributed by atoms with Crippen LogP contribution >= 0.6 is 0 Å². The van der Waals surface area contributed by atoms with E-state index in [1.807, 2.05) is 0 Å². The minimum atomic E-state index is -1.15.